The van der Waals surface area contributed by atoms with E-state index in [0.717, 1.165) is 5.56 Å². The molecule has 0 saturated carbocycles. The summed E-state index contributed by atoms with van der Waals surface area (Å²) in [6.07, 6.45) is 0. The summed E-state index contributed by atoms with van der Waals surface area (Å²) in [4.78, 5) is 11.9. The lowest BCUT2D eigenvalue weighted by molar-refractivity contribution is -0.113. The first kappa shape index (κ1) is 17.9. The summed E-state index contributed by atoms with van der Waals surface area (Å²) in [5, 5.41) is 14.8. The number of aromatic nitrogens is 2. The highest BCUT2D eigenvalue weighted by molar-refractivity contribution is 7.99. The Morgan fingerprint density at radius 1 is 0.962 bits per heavy atom. The molecule has 0 atom stereocenters. The molecule has 0 radical (unpaired) electrons. The molecule has 0 aliphatic carbocycles. The van der Waals surface area contributed by atoms with Crippen molar-refractivity contribution in [1.29, 1.82) is 0 Å². The van der Waals surface area contributed by atoms with Crippen LogP contribution in [0.2, 0.25) is 0 Å². The lowest BCUT2D eigenvalue weighted by Crippen LogP contribution is -2.14. The van der Waals surface area contributed by atoms with Crippen molar-refractivity contribution in [2.75, 3.05) is 16.4 Å². The van der Waals surface area contributed by atoms with Crippen LogP contribution < -0.4 is 10.6 Å². The van der Waals surface area contributed by atoms with Gasteiger partial charge in [-0.2, -0.15) is 0 Å². The van der Waals surface area contributed by atoms with Gasteiger partial charge in [-0.1, -0.05) is 42.1 Å². The van der Waals surface area contributed by atoms with Gasteiger partial charge in [-0.05, 0) is 42.0 Å². The smallest absolute Gasteiger partial charge is 0.234 e. The Morgan fingerprint density at radius 2 is 1.73 bits per heavy atom. The predicted molar refractivity (Wildman–Crippen MR) is 102 cm³/mol. The summed E-state index contributed by atoms with van der Waals surface area (Å²) in [6.45, 7) is 0.669. The van der Waals surface area contributed by atoms with Crippen LogP contribution in [0.3, 0.4) is 0 Å². The van der Waals surface area contributed by atoms with Crippen molar-refractivity contribution in [3.8, 4) is 0 Å². The van der Waals surface area contributed by atoms with E-state index < -0.39 is 0 Å². The minimum Gasteiger partial charge on any atom is -0.365 e. The molecule has 3 rings (SSSR count). The third-order valence-electron chi connectivity index (χ3n) is 3.44. The lowest BCUT2D eigenvalue weighted by atomic mass is 10.2. The highest BCUT2D eigenvalue weighted by atomic mass is 32.2. The zero-order valence-corrected chi connectivity index (χ0v) is 14.7. The summed E-state index contributed by atoms with van der Waals surface area (Å²) in [5.41, 5.74) is 1.72. The Labute approximate surface area is 155 Å². The molecule has 5 nitrogen and oxygen atoms in total. The predicted octanol–water partition coefficient (Wildman–Crippen LogP) is 3.96. The maximum absolute atomic E-state index is 12.8. The van der Waals surface area contributed by atoms with Gasteiger partial charge in [0, 0.05) is 12.2 Å². The van der Waals surface area contributed by atoms with Crippen LogP contribution in [-0.2, 0) is 11.3 Å². The van der Waals surface area contributed by atoms with Crippen molar-refractivity contribution >= 4 is 29.2 Å². The second-order valence-electron chi connectivity index (χ2n) is 5.44. The van der Waals surface area contributed by atoms with Crippen molar-refractivity contribution in [2.45, 2.75) is 11.6 Å². The fraction of sp³-hybridized carbons (Fsp3) is 0.105. The zero-order chi connectivity index (χ0) is 18.2. The number of nitrogens with zero attached hydrogens (tertiary/aromatic N) is 2. The number of hydrogen-bond donors (Lipinski definition) is 2. The quantitative estimate of drug-likeness (QED) is 0.618. The molecule has 0 bridgehead atoms. The van der Waals surface area contributed by atoms with Gasteiger partial charge in [0.25, 0.3) is 0 Å². The minimum absolute atomic E-state index is 0.185. The molecule has 2 aromatic carbocycles. The summed E-state index contributed by atoms with van der Waals surface area (Å²) in [7, 11) is 0. The van der Waals surface area contributed by atoms with Gasteiger partial charge in [0.2, 0.25) is 5.91 Å². The number of hydrogen-bond acceptors (Lipinski definition) is 5. The van der Waals surface area contributed by atoms with Gasteiger partial charge in [0.05, 0.1) is 5.75 Å². The average molecular weight is 368 g/mol. The fourth-order valence-corrected chi connectivity index (χ4v) is 2.76. The number of nitrogens with one attached hydrogen (secondary N) is 2. The molecule has 0 aliphatic heterocycles. The standard InChI is InChI=1S/C19H17FN4OS/c20-15-6-8-16(9-7-15)22-18(25)13-26-19-11-10-17(23-24-19)21-12-14-4-2-1-3-5-14/h1-11H,12-13H2,(H,21,23)(H,22,25). The van der Waals surface area contributed by atoms with E-state index in [2.05, 4.69) is 20.8 Å². The SMILES string of the molecule is O=C(CSc1ccc(NCc2ccccc2)nn1)Nc1ccc(F)cc1. The molecule has 7 heteroatoms. The van der Waals surface area contributed by atoms with Crippen LogP contribution in [0.4, 0.5) is 15.9 Å². The van der Waals surface area contributed by atoms with Crippen LogP contribution in [0.5, 0.6) is 0 Å². The molecule has 0 unspecified atom stereocenters. The number of rotatable bonds is 7. The summed E-state index contributed by atoms with van der Waals surface area (Å²) >= 11 is 1.29. The molecular formula is C19H17FN4OS. The van der Waals surface area contributed by atoms with E-state index in [9.17, 15) is 9.18 Å². The maximum Gasteiger partial charge on any atom is 0.234 e. The molecule has 26 heavy (non-hydrogen) atoms. The van der Waals surface area contributed by atoms with Crippen molar-refractivity contribution in [2.24, 2.45) is 0 Å². The third kappa shape index (κ3) is 5.56. The number of carbonyl (C=O) groups is 1. The summed E-state index contributed by atoms with van der Waals surface area (Å²) < 4.78 is 12.8. The Kier molecular flexibility index (Phi) is 6.16. The van der Waals surface area contributed by atoms with Crippen LogP contribution in [0.1, 0.15) is 5.56 Å². The second-order valence-corrected chi connectivity index (χ2v) is 6.44. The van der Waals surface area contributed by atoms with Crippen molar-refractivity contribution in [3.05, 3.63) is 78.1 Å². The Morgan fingerprint density at radius 3 is 2.42 bits per heavy atom. The van der Waals surface area contributed by atoms with Gasteiger partial charge in [0.1, 0.15) is 16.7 Å². The fourth-order valence-electron chi connectivity index (χ4n) is 2.15. The van der Waals surface area contributed by atoms with E-state index in [1.165, 1.54) is 36.0 Å². The van der Waals surface area contributed by atoms with Gasteiger partial charge in [0.15, 0.2) is 0 Å². The molecule has 132 valence electrons. The first-order valence-electron chi connectivity index (χ1n) is 7.99. The third-order valence-corrected chi connectivity index (χ3v) is 4.36. The van der Waals surface area contributed by atoms with E-state index in [0.29, 0.717) is 23.1 Å². The van der Waals surface area contributed by atoms with Gasteiger partial charge in [-0.15, -0.1) is 10.2 Å². The number of halogens is 1. The van der Waals surface area contributed by atoms with Crippen LogP contribution >= 0.6 is 11.8 Å². The van der Waals surface area contributed by atoms with E-state index in [-0.39, 0.29) is 17.5 Å². The minimum atomic E-state index is -0.339. The van der Waals surface area contributed by atoms with E-state index >= 15 is 0 Å². The Balaban J connectivity index is 1.45. The van der Waals surface area contributed by atoms with E-state index in [1.807, 2.05) is 42.5 Å². The molecule has 0 saturated heterocycles. The molecule has 0 fully saturated rings. The van der Waals surface area contributed by atoms with Gasteiger partial charge in [-0.25, -0.2) is 4.39 Å². The van der Waals surface area contributed by atoms with Crippen molar-refractivity contribution < 1.29 is 9.18 Å². The molecule has 1 aromatic heterocycles. The largest absolute Gasteiger partial charge is 0.365 e. The number of anilines is 2. The number of benzene rings is 2. The molecule has 1 amide bonds. The monoisotopic (exact) mass is 368 g/mol. The van der Waals surface area contributed by atoms with Crippen LogP contribution in [0.15, 0.2) is 71.8 Å². The normalized spacial score (nSPS) is 10.3. The second kappa shape index (κ2) is 8.96. The molecule has 3 aromatic rings. The van der Waals surface area contributed by atoms with Crippen molar-refractivity contribution in [3.63, 3.8) is 0 Å². The number of amides is 1. The van der Waals surface area contributed by atoms with Crippen LogP contribution in [0, 0.1) is 5.82 Å². The Bertz CT molecular complexity index is 842. The molecule has 2 N–H and O–H groups in total. The summed E-state index contributed by atoms with van der Waals surface area (Å²) in [6, 6.07) is 19.3. The van der Waals surface area contributed by atoms with E-state index in [1.54, 1.807) is 0 Å². The van der Waals surface area contributed by atoms with Gasteiger partial charge < -0.3 is 10.6 Å². The number of thioether (sulfide) groups is 1. The average Bonchev–Trinajstić information content (AvgIpc) is 2.68. The molecular weight excluding hydrogens is 351 g/mol. The maximum atomic E-state index is 12.8. The number of carbonyl (C=O) groups excluding carboxylic acids is 1. The Hall–Kier alpha value is -2.93. The lowest BCUT2D eigenvalue weighted by Gasteiger charge is -2.06. The highest BCUT2D eigenvalue weighted by Crippen LogP contribution is 2.17. The molecule has 0 aliphatic rings. The first-order chi connectivity index (χ1) is 12.7. The topological polar surface area (TPSA) is 66.9 Å². The van der Waals surface area contributed by atoms with Gasteiger partial charge in [-0.3, -0.25) is 4.79 Å². The van der Waals surface area contributed by atoms with Crippen LogP contribution in [0.25, 0.3) is 0 Å². The molecule has 0 spiro atoms. The van der Waals surface area contributed by atoms with Crippen LogP contribution in [-0.4, -0.2) is 21.9 Å². The molecule has 1 heterocycles. The zero-order valence-electron chi connectivity index (χ0n) is 13.9. The highest BCUT2D eigenvalue weighted by Gasteiger charge is 2.06. The summed E-state index contributed by atoms with van der Waals surface area (Å²) in [5.74, 6) is 0.348. The first-order valence-corrected chi connectivity index (χ1v) is 8.97. The van der Waals surface area contributed by atoms with Gasteiger partial charge >= 0.3 is 0 Å². The van der Waals surface area contributed by atoms with E-state index in [4.69, 9.17) is 0 Å². The van der Waals surface area contributed by atoms with Crippen molar-refractivity contribution in [1.82, 2.24) is 10.2 Å².